The van der Waals surface area contributed by atoms with E-state index in [4.69, 9.17) is 5.73 Å². The molecule has 1 unspecified atom stereocenters. The average molecular weight is 237 g/mol. The predicted octanol–water partition coefficient (Wildman–Crippen LogP) is 1.26. The Balaban J connectivity index is 2.53. The molecule has 1 aliphatic rings. The van der Waals surface area contributed by atoms with E-state index in [2.05, 4.69) is 18.8 Å². The van der Waals surface area contributed by atoms with Crippen LogP contribution in [-0.2, 0) is 0 Å². The highest BCUT2D eigenvalue weighted by Crippen LogP contribution is 2.43. The number of hydrogen-bond acceptors (Lipinski definition) is 3. The molecule has 1 saturated carbocycles. The zero-order chi connectivity index (χ0) is 12.6. The summed E-state index contributed by atoms with van der Waals surface area (Å²) < 4.78 is 1.54. The number of nitrogens with one attached hydrogen (secondary N) is 1. The molecule has 1 aromatic rings. The lowest BCUT2D eigenvalue weighted by Crippen LogP contribution is -2.40. The van der Waals surface area contributed by atoms with Crippen molar-refractivity contribution in [2.24, 2.45) is 5.41 Å². The fraction of sp³-hybridized carbons (Fsp3) is 0.667. The summed E-state index contributed by atoms with van der Waals surface area (Å²) >= 11 is 0. The number of nitrogens with zero attached hydrogens (tertiary/aromatic N) is 1. The molecular formula is C12H19N3O2. The summed E-state index contributed by atoms with van der Waals surface area (Å²) in [5.41, 5.74) is 5.03. The highest BCUT2D eigenvalue weighted by Gasteiger charge is 2.34. The van der Waals surface area contributed by atoms with Crippen LogP contribution in [-0.4, -0.2) is 9.55 Å². The highest BCUT2D eigenvalue weighted by molar-refractivity contribution is 5.27. The van der Waals surface area contributed by atoms with Gasteiger partial charge in [-0.1, -0.05) is 26.7 Å². The molecule has 1 aliphatic carbocycles. The first-order valence-electron chi connectivity index (χ1n) is 6.03. The molecule has 3 N–H and O–H groups in total. The van der Waals surface area contributed by atoms with Gasteiger partial charge in [0, 0.05) is 12.1 Å². The molecule has 0 aliphatic heterocycles. The van der Waals surface area contributed by atoms with Gasteiger partial charge in [-0.05, 0) is 18.3 Å². The van der Waals surface area contributed by atoms with E-state index in [1.54, 1.807) is 4.57 Å². The van der Waals surface area contributed by atoms with Crippen molar-refractivity contribution >= 4 is 5.82 Å². The zero-order valence-corrected chi connectivity index (χ0v) is 10.3. The lowest BCUT2D eigenvalue weighted by atomic mass is 9.73. The van der Waals surface area contributed by atoms with E-state index in [1.165, 1.54) is 12.5 Å². The van der Waals surface area contributed by atoms with E-state index in [9.17, 15) is 9.59 Å². The third kappa shape index (κ3) is 2.14. The molecule has 0 aromatic carbocycles. The van der Waals surface area contributed by atoms with Gasteiger partial charge in [0.1, 0.15) is 5.82 Å². The first-order chi connectivity index (χ1) is 7.92. The molecule has 0 amide bonds. The lowest BCUT2D eigenvalue weighted by molar-refractivity contribution is 0.141. The van der Waals surface area contributed by atoms with E-state index in [1.807, 2.05) is 0 Å². The summed E-state index contributed by atoms with van der Waals surface area (Å²) in [6.07, 6.45) is 4.28. The predicted molar refractivity (Wildman–Crippen MR) is 67.0 cm³/mol. The average Bonchev–Trinajstić information content (AvgIpc) is 2.18. The minimum Gasteiger partial charge on any atom is -0.385 e. The van der Waals surface area contributed by atoms with Crippen LogP contribution in [0.15, 0.2) is 15.7 Å². The van der Waals surface area contributed by atoms with Crippen LogP contribution in [0.4, 0.5) is 5.82 Å². The number of hydrogen-bond donors (Lipinski definition) is 2. The second kappa shape index (κ2) is 4.05. The Morgan fingerprint density at radius 1 is 1.41 bits per heavy atom. The second-order valence-electron chi connectivity index (χ2n) is 5.48. The summed E-state index contributed by atoms with van der Waals surface area (Å²) in [5, 5.41) is 0. The van der Waals surface area contributed by atoms with Crippen molar-refractivity contribution in [3.8, 4) is 0 Å². The van der Waals surface area contributed by atoms with Crippen LogP contribution in [0.1, 0.15) is 45.6 Å². The maximum Gasteiger partial charge on any atom is 0.330 e. The zero-order valence-electron chi connectivity index (χ0n) is 10.3. The number of nitrogen functional groups attached to an aromatic ring is 1. The molecule has 0 saturated heterocycles. The molecule has 1 aromatic heterocycles. The van der Waals surface area contributed by atoms with Gasteiger partial charge < -0.3 is 5.73 Å². The van der Waals surface area contributed by atoms with Gasteiger partial charge in [0.05, 0.1) is 0 Å². The normalized spacial score (nSPS) is 23.5. The number of rotatable bonds is 1. The fourth-order valence-corrected chi connectivity index (χ4v) is 2.80. The van der Waals surface area contributed by atoms with Crippen molar-refractivity contribution in [1.29, 1.82) is 0 Å². The van der Waals surface area contributed by atoms with Gasteiger partial charge in [-0.15, -0.1) is 0 Å². The maximum atomic E-state index is 11.9. The number of anilines is 1. The van der Waals surface area contributed by atoms with Crippen LogP contribution in [0.2, 0.25) is 0 Å². The molecule has 0 bridgehead atoms. The molecule has 1 fully saturated rings. The van der Waals surface area contributed by atoms with E-state index in [-0.39, 0.29) is 17.3 Å². The van der Waals surface area contributed by atoms with E-state index in [0.717, 1.165) is 19.3 Å². The molecule has 94 valence electrons. The van der Waals surface area contributed by atoms with Gasteiger partial charge in [0.25, 0.3) is 5.56 Å². The summed E-state index contributed by atoms with van der Waals surface area (Å²) in [4.78, 5) is 25.3. The Morgan fingerprint density at radius 2 is 2.12 bits per heavy atom. The van der Waals surface area contributed by atoms with Crippen LogP contribution in [0.5, 0.6) is 0 Å². The third-order valence-corrected chi connectivity index (χ3v) is 3.77. The summed E-state index contributed by atoms with van der Waals surface area (Å²) in [6.45, 7) is 4.29. The molecule has 0 spiro atoms. The van der Waals surface area contributed by atoms with Crippen molar-refractivity contribution < 1.29 is 0 Å². The van der Waals surface area contributed by atoms with Gasteiger partial charge in [-0.2, -0.15) is 0 Å². The van der Waals surface area contributed by atoms with E-state index >= 15 is 0 Å². The van der Waals surface area contributed by atoms with Crippen LogP contribution in [0.3, 0.4) is 0 Å². The minimum absolute atomic E-state index is 0.0361. The number of H-pyrrole nitrogens is 1. The molecule has 0 radical (unpaired) electrons. The standard InChI is InChI=1S/C12H19N3O2/c1-12(2)6-4-3-5-8(12)15-9(13)7-10(16)14-11(15)17/h7-8H,3-6,13H2,1-2H3,(H,14,16,17). The van der Waals surface area contributed by atoms with Crippen molar-refractivity contribution in [3.05, 3.63) is 26.9 Å². The van der Waals surface area contributed by atoms with E-state index < -0.39 is 11.2 Å². The smallest absolute Gasteiger partial charge is 0.330 e. The topological polar surface area (TPSA) is 80.9 Å². The van der Waals surface area contributed by atoms with Gasteiger partial charge >= 0.3 is 5.69 Å². The van der Waals surface area contributed by atoms with Crippen molar-refractivity contribution in [1.82, 2.24) is 9.55 Å². The summed E-state index contributed by atoms with van der Waals surface area (Å²) in [7, 11) is 0. The van der Waals surface area contributed by atoms with Gasteiger partial charge in [-0.3, -0.25) is 14.3 Å². The second-order valence-corrected chi connectivity index (χ2v) is 5.48. The SMILES string of the molecule is CC1(C)CCCCC1n1c(N)cc(=O)[nH]c1=O. The van der Waals surface area contributed by atoms with Crippen LogP contribution in [0, 0.1) is 5.41 Å². The Hall–Kier alpha value is -1.52. The van der Waals surface area contributed by atoms with Crippen LogP contribution >= 0.6 is 0 Å². The minimum atomic E-state index is -0.433. The summed E-state index contributed by atoms with van der Waals surface area (Å²) in [6, 6.07) is 1.35. The molecule has 5 nitrogen and oxygen atoms in total. The third-order valence-electron chi connectivity index (χ3n) is 3.77. The fourth-order valence-electron chi connectivity index (χ4n) is 2.80. The van der Waals surface area contributed by atoms with Crippen molar-refractivity contribution in [3.63, 3.8) is 0 Å². The molecule has 1 atom stereocenters. The first kappa shape index (κ1) is 12.0. The number of nitrogens with two attached hydrogens (primary N) is 1. The molecule has 1 heterocycles. The number of aromatic amines is 1. The lowest BCUT2D eigenvalue weighted by Gasteiger charge is -2.39. The van der Waals surface area contributed by atoms with Crippen LogP contribution < -0.4 is 17.0 Å². The van der Waals surface area contributed by atoms with Gasteiger partial charge in [0.2, 0.25) is 0 Å². The molecule has 17 heavy (non-hydrogen) atoms. The van der Waals surface area contributed by atoms with Crippen molar-refractivity contribution in [2.75, 3.05) is 5.73 Å². The van der Waals surface area contributed by atoms with Gasteiger partial charge in [0.15, 0.2) is 0 Å². The molecular weight excluding hydrogens is 218 g/mol. The highest BCUT2D eigenvalue weighted by atomic mass is 16.2. The largest absolute Gasteiger partial charge is 0.385 e. The quantitative estimate of drug-likeness (QED) is 0.771. The van der Waals surface area contributed by atoms with Gasteiger partial charge in [-0.25, -0.2) is 4.79 Å². The molecule has 2 rings (SSSR count). The Kier molecular flexibility index (Phi) is 2.85. The van der Waals surface area contributed by atoms with Crippen molar-refractivity contribution in [2.45, 2.75) is 45.6 Å². The number of aromatic nitrogens is 2. The van der Waals surface area contributed by atoms with E-state index in [0.29, 0.717) is 0 Å². The Bertz CT molecular complexity index is 527. The Labute approximate surface area is 99.7 Å². The first-order valence-corrected chi connectivity index (χ1v) is 6.03. The monoisotopic (exact) mass is 237 g/mol. The maximum absolute atomic E-state index is 11.9. The Morgan fingerprint density at radius 3 is 2.71 bits per heavy atom. The van der Waals surface area contributed by atoms with Crippen LogP contribution in [0.25, 0.3) is 0 Å². The summed E-state index contributed by atoms with van der Waals surface area (Å²) in [5.74, 6) is 0.263. The molecule has 5 heteroatoms.